The van der Waals surface area contributed by atoms with Gasteiger partial charge in [-0.3, -0.25) is 20.1 Å². The quantitative estimate of drug-likeness (QED) is 0.414. The van der Waals surface area contributed by atoms with Crippen LogP contribution in [0.3, 0.4) is 0 Å². The molecule has 0 saturated carbocycles. The van der Waals surface area contributed by atoms with Crippen LogP contribution in [0, 0.1) is 24.3 Å². The van der Waals surface area contributed by atoms with Crippen molar-refractivity contribution in [2.45, 2.75) is 58.9 Å². The summed E-state index contributed by atoms with van der Waals surface area (Å²) in [6.45, 7) is 9.10. The van der Waals surface area contributed by atoms with Gasteiger partial charge < -0.3 is 29.9 Å². The van der Waals surface area contributed by atoms with Gasteiger partial charge in [0.05, 0.1) is 7.11 Å². The average molecular weight is 516 g/mol. The van der Waals surface area contributed by atoms with Crippen LogP contribution in [0.2, 0.25) is 0 Å². The maximum absolute atomic E-state index is 13.9. The summed E-state index contributed by atoms with van der Waals surface area (Å²) in [7, 11) is 3.45. The number of carbonyl (C=O) groups is 1. The van der Waals surface area contributed by atoms with Gasteiger partial charge in [-0.2, -0.15) is 0 Å². The predicted octanol–water partition coefficient (Wildman–Crippen LogP) is 4.53. The van der Waals surface area contributed by atoms with E-state index in [4.69, 9.17) is 14.2 Å². The lowest BCUT2D eigenvalue weighted by atomic mass is 9.78. The predicted molar refractivity (Wildman–Crippen MR) is 137 cm³/mol. The number of nitrogens with zero attached hydrogens (tertiary/aromatic N) is 3. The summed E-state index contributed by atoms with van der Waals surface area (Å²) in [6.07, 6.45) is 0.713. The molecule has 0 radical (unpaired) electrons. The Bertz CT molecular complexity index is 1200. The van der Waals surface area contributed by atoms with Gasteiger partial charge in [-0.05, 0) is 55.5 Å². The monoisotopic (exact) mass is 515 g/mol. The molecule has 202 valence electrons. The molecule has 4 rings (SSSR count). The minimum Gasteiger partial charge on any atom is -0.769 e. The fraction of sp³-hybridized carbons (Fsp3) is 0.500. The van der Waals surface area contributed by atoms with Crippen LogP contribution in [-0.2, 0) is 11.8 Å². The molecule has 37 heavy (non-hydrogen) atoms. The third-order valence-electron chi connectivity index (χ3n) is 7.27. The highest BCUT2D eigenvalue weighted by molar-refractivity contribution is 6.03. The number of methoxy groups -OCH3 is 1. The lowest BCUT2D eigenvalue weighted by Gasteiger charge is -2.44. The number of rotatable bonds is 6. The van der Waals surface area contributed by atoms with Crippen molar-refractivity contribution < 1.29 is 29.4 Å². The van der Waals surface area contributed by atoms with Crippen LogP contribution in [0.1, 0.15) is 71.4 Å². The van der Waals surface area contributed by atoms with Gasteiger partial charge in [0.25, 0.3) is 0 Å². The van der Waals surface area contributed by atoms with Crippen LogP contribution in [-0.4, -0.2) is 48.6 Å². The summed E-state index contributed by atoms with van der Waals surface area (Å²) in [5.41, 5.74) is 1.23. The van der Waals surface area contributed by atoms with Gasteiger partial charge in [0.1, 0.15) is 5.69 Å². The van der Waals surface area contributed by atoms with Crippen LogP contribution in [0.25, 0.3) is 0 Å². The summed E-state index contributed by atoms with van der Waals surface area (Å²) in [5.74, 6) is 1.24. The molecular weight excluding hydrogens is 482 g/mol. The number of ether oxygens (including phenoxy) is 3. The van der Waals surface area contributed by atoms with E-state index in [0.29, 0.717) is 23.8 Å². The van der Waals surface area contributed by atoms with Crippen LogP contribution in [0.4, 0.5) is 11.4 Å². The van der Waals surface area contributed by atoms with Crippen molar-refractivity contribution in [2.24, 2.45) is 0 Å². The highest BCUT2D eigenvalue weighted by Crippen LogP contribution is 2.51. The van der Waals surface area contributed by atoms with E-state index in [2.05, 4.69) is 0 Å². The van der Waals surface area contributed by atoms with Crippen LogP contribution < -0.4 is 24.7 Å². The van der Waals surface area contributed by atoms with Crippen molar-refractivity contribution >= 4 is 17.2 Å². The standard InChI is InChI=1S/C26H33N3O8/c1-13-19(14(2)23(29(33)34)21(26(3,4)5)22(13)28(31)32)17(30)11-16-20-15(8-9-27(16)6)10-18-24(25(20)35-7)37-12-36-18/h10,16,31-32H,8-9,11-12H2,1-7H3/q-2/t16-/m1/s1. The Morgan fingerprint density at radius 3 is 2.41 bits per heavy atom. The Hall–Kier alpha value is -3.09. The molecule has 11 heteroatoms. The number of fused-ring (bicyclic) bond motifs is 2. The molecule has 0 saturated heterocycles. The zero-order chi connectivity index (χ0) is 27.4. The molecule has 2 N–H and O–H groups in total. The summed E-state index contributed by atoms with van der Waals surface area (Å²) in [4.78, 5) is 16.0. The van der Waals surface area contributed by atoms with Crippen LogP contribution in [0.5, 0.6) is 17.2 Å². The van der Waals surface area contributed by atoms with E-state index < -0.39 is 16.7 Å². The fourth-order valence-electron chi connectivity index (χ4n) is 5.67. The highest BCUT2D eigenvalue weighted by Gasteiger charge is 2.37. The molecule has 1 atom stereocenters. The number of benzene rings is 2. The molecule has 0 unspecified atom stereocenters. The van der Waals surface area contributed by atoms with Gasteiger partial charge in [-0.1, -0.05) is 20.8 Å². The van der Waals surface area contributed by atoms with Gasteiger partial charge in [-0.25, -0.2) is 0 Å². The Labute approximate surface area is 215 Å². The van der Waals surface area contributed by atoms with Gasteiger partial charge >= 0.3 is 0 Å². The molecule has 0 spiro atoms. The van der Waals surface area contributed by atoms with Gasteiger partial charge in [0, 0.05) is 41.4 Å². The Kier molecular flexibility index (Phi) is 7.04. The molecule has 0 aromatic heterocycles. The van der Waals surface area contributed by atoms with E-state index >= 15 is 0 Å². The first kappa shape index (κ1) is 27.0. The first-order valence-corrected chi connectivity index (χ1v) is 12.0. The molecule has 0 amide bonds. The van der Waals surface area contributed by atoms with E-state index in [0.717, 1.165) is 17.5 Å². The second kappa shape index (κ2) is 9.66. The van der Waals surface area contributed by atoms with E-state index in [1.54, 1.807) is 27.7 Å². The zero-order valence-electron chi connectivity index (χ0n) is 22.2. The highest BCUT2D eigenvalue weighted by atomic mass is 16.8. The molecule has 0 bridgehead atoms. The lowest BCUT2D eigenvalue weighted by Crippen LogP contribution is -2.34. The van der Waals surface area contributed by atoms with E-state index in [1.165, 1.54) is 14.0 Å². The number of ketones is 1. The maximum atomic E-state index is 13.9. The zero-order valence-corrected chi connectivity index (χ0v) is 22.2. The van der Waals surface area contributed by atoms with E-state index in [1.807, 2.05) is 18.0 Å². The van der Waals surface area contributed by atoms with Crippen LogP contribution >= 0.6 is 0 Å². The van der Waals surface area contributed by atoms with Crippen molar-refractivity contribution in [2.75, 3.05) is 37.9 Å². The molecule has 11 nitrogen and oxygen atoms in total. The molecule has 0 fully saturated rings. The number of carbonyl (C=O) groups excluding carboxylic acids is 1. The number of anilines is 2. The number of hydrogen-bond acceptors (Lipinski definition) is 11. The molecule has 2 aromatic carbocycles. The number of likely N-dealkylation sites (N-methyl/N-ethyl adjacent to an activating group) is 1. The van der Waals surface area contributed by atoms with Crippen molar-refractivity contribution in [3.63, 3.8) is 0 Å². The van der Waals surface area contributed by atoms with E-state index in [-0.39, 0.29) is 57.9 Å². The Morgan fingerprint density at radius 1 is 1.19 bits per heavy atom. The van der Waals surface area contributed by atoms with Crippen molar-refractivity contribution in [3.05, 3.63) is 49.9 Å². The van der Waals surface area contributed by atoms with Crippen molar-refractivity contribution in [3.8, 4) is 17.2 Å². The molecular formula is C26H33N3O8-2. The Balaban J connectivity index is 1.87. The largest absolute Gasteiger partial charge is 0.769 e. The minimum atomic E-state index is -0.809. The normalized spacial score (nSPS) is 17.0. The molecule has 2 aliphatic heterocycles. The number of Topliss-reactive ketones (excluding diaryl/α,β-unsaturated/α-hetero) is 1. The maximum Gasteiger partial charge on any atom is 0.231 e. The van der Waals surface area contributed by atoms with Crippen molar-refractivity contribution in [1.29, 1.82) is 0 Å². The molecule has 2 heterocycles. The Morgan fingerprint density at radius 2 is 1.84 bits per heavy atom. The average Bonchev–Trinajstić information content (AvgIpc) is 3.26. The first-order valence-electron chi connectivity index (χ1n) is 12.0. The second-order valence-corrected chi connectivity index (χ2v) is 10.6. The molecule has 2 aliphatic rings. The van der Waals surface area contributed by atoms with Crippen LogP contribution in [0.15, 0.2) is 6.07 Å². The van der Waals surface area contributed by atoms with Crippen molar-refractivity contribution in [1.82, 2.24) is 4.90 Å². The summed E-state index contributed by atoms with van der Waals surface area (Å²) in [6, 6.07) is 1.51. The van der Waals surface area contributed by atoms with Gasteiger partial charge in [0.2, 0.25) is 12.5 Å². The first-order chi connectivity index (χ1) is 17.3. The topological polar surface area (TPSA) is 141 Å². The SMILES string of the molecule is COc1c2c(cc3c1[C@@H](CC(=O)c1c(C)c(N([O-])[O-])c(C(C)(C)C)c(N(O)O)c1C)N(C)CC3)OCO2. The van der Waals surface area contributed by atoms with E-state index in [9.17, 15) is 25.6 Å². The van der Waals surface area contributed by atoms with Gasteiger partial charge in [0.15, 0.2) is 17.3 Å². The summed E-state index contributed by atoms with van der Waals surface area (Å²) in [5, 5.41) is 44.0. The summed E-state index contributed by atoms with van der Waals surface area (Å²) >= 11 is 0. The number of hydrogen-bond donors (Lipinski definition) is 2. The fourth-order valence-corrected chi connectivity index (χ4v) is 5.67. The summed E-state index contributed by atoms with van der Waals surface area (Å²) < 4.78 is 16.9. The smallest absolute Gasteiger partial charge is 0.231 e. The third kappa shape index (κ3) is 4.47. The molecule has 0 aliphatic carbocycles. The van der Waals surface area contributed by atoms with Gasteiger partial charge in [-0.15, -0.1) is 5.23 Å². The minimum absolute atomic E-state index is 0.0104. The second-order valence-electron chi connectivity index (χ2n) is 10.6. The molecule has 2 aromatic rings. The third-order valence-corrected chi connectivity index (χ3v) is 7.27. The lowest BCUT2D eigenvalue weighted by molar-refractivity contribution is 0.0279.